The van der Waals surface area contributed by atoms with Gasteiger partial charge >= 0.3 is 0 Å². The van der Waals surface area contributed by atoms with Crippen molar-refractivity contribution in [1.82, 2.24) is 5.32 Å². The molecule has 0 bridgehead atoms. The molecule has 0 aliphatic heterocycles. The molecule has 5 nitrogen and oxygen atoms in total. The van der Waals surface area contributed by atoms with Crippen molar-refractivity contribution < 1.29 is 19.0 Å². The van der Waals surface area contributed by atoms with Crippen LogP contribution in [0.5, 0.6) is 17.2 Å². The zero-order valence-corrected chi connectivity index (χ0v) is 16.3. The van der Waals surface area contributed by atoms with Gasteiger partial charge < -0.3 is 19.5 Å². The molecule has 2 aromatic carbocycles. The number of benzene rings is 2. The summed E-state index contributed by atoms with van der Waals surface area (Å²) in [5.74, 6) is 2.01. The zero-order valence-electron chi connectivity index (χ0n) is 16.3. The normalized spacial score (nSPS) is 10.9. The summed E-state index contributed by atoms with van der Waals surface area (Å²) in [6, 6.07) is 13.4. The van der Waals surface area contributed by atoms with Crippen molar-refractivity contribution in [3.63, 3.8) is 0 Å². The van der Waals surface area contributed by atoms with Gasteiger partial charge in [0.1, 0.15) is 5.75 Å². The summed E-state index contributed by atoms with van der Waals surface area (Å²) in [6.45, 7) is 4.57. The summed E-state index contributed by atoms with van der Waals surface area (Å²) in [7, 11) is 3.17. The van der Waals surface area contributed by atoms with Crippen molar-refractivity contribution >= 4 is 12.0 Å². The Labute approximate surface area is 161 Å². The molecule has 2 aromatic rings. The number of nitrogens with one attached hydrogen (secondary N) is 1. The molecule has 5 heteroatoms. The minimum absolute atomic E-state index is 0.135. The topological polar surface area (TPSA) is 56.8 Å². The molecule has 1 N–H and O–H groups in total. The zero-order chi connectivity index (χ0) is 19.6. The molecule has 0 fully saturated rings. The van der Waals surface area contributed by atoms with Gasteiger partial charge in [0, 0.05) is 12.6 Å². The van der Waals surface area contributed by atoms with E-state index in [-0.39, 0.29) is 12.0 Å². The third-order valence-electron chi connectivity index (χ3n) is 3.84. The minimum atomic E-state index is -0.135. The van der Waals surface area contributed by atoms with Gasteiger partial charge in [0.25, 0.3) is 0 Å². The maximum atomic E-state index is 12.0. The summed E-state index contributed by atoms with van der Waals surface area (Å²) in [4.78, 5) is 12.0. The van der Waals surface area contributed by atoms with Crippen LogP contribution in [0, 0.1) is 0 Å². The maximum Gasteiger partial charge on any atom is 0.244 e. The smallest absolute Gasteiger partial charge is 0.244 e. The summed E-state index contributed by atoms with van der Waals surface area (Å²) < 4.78 is 16.1. The number of carbonyl (C=O) groups is 1. The first-order valence-corrected chi connectivity index (χ1v) is 8.95. The quantitative estimate of drug-likeness (QED) is 0.682. The van der Waals surface area contributed by atoms with E-state index in [1.807, 2.05) is 56.3 Å². The van der Waals surface area contributed by atoms with Gasteiger partial charge in [-0.2, -0.15) is 0 Å². The second kappa shape index (κ2) is 10.3. The molecule has 144 valence electrons. The Morgan fingerprint density at radius 3 is 2.37 bits per heavy atom. The van der Waals surface area contributed by atoms with E-state index >= 15 is 0 Å². The van der Waals surface area contributed by atoms with E-state index < -0.39 is 0 Å². The van der Waals surface area contributed by atoms with E-state index in [1.165, 1.54) is 6.08 Å². The van der Waals surface area contributed by atoms with Crippen molar-refractivity contribution in [2.75, 3.05) is 20.8 Å². The van der Waals surface area contributed by atoms with Crippen molar-refractivity contribution in [1.29, 1.82) is 0 Å². The maximum absolute atomic E-state index is 12.0. The fourth-order valence-electron chi connectivity index (χ4n) is 2.52. The molecule has 0 unspecified atom stereocenters. The molecule has 0 heterocycles. The molecule has 0 aromatic heterocycles. The molecule has 1 amide bonds. The average molecular weight is 369 g/mol. The highest BCUT2D eigenvalue weighted by molar-refractivity contribution is 5.91. The molecule has 2 rings (SSSR count). The van der Waals surface area contributed by atoms with Crippen molar-refractivity contribution in [3.05, 3.63) is 59.7 Å². The lowest BCUT2D eigenvalue weighted by atomic mass is 10.1. The van der Waals surface area contributed by atoms with Crippen LogP contribution in [0.25, 0.3) is 6.08 Å². The number of rotatable bonds is 9. The van der Waals surface area contributed by atoms with E-state index in [1.54, 1.807) is 20.3 Å². The van der Waals surface area contributed by atoms with Gasteiger partial charge in [-0.05, 0) is 61.7 Å². The number of methoxy groups -OCH3 is 2. The number of carbonyl (C=O) groups excluding carboxylic acids is 1. The van der Waals surface area contributed by atoms with Gasteiger partial charge in [-0.3, -0.25) is 4.79 Å². The van der Waals surface area contributed by atoms with Gasteiger partial charge in [-0.15, -0.1) is 0 Å². The molecule has 0 saturated heterocycles. The van der Waals surface area contributed by atoms with E-state index in [2.05, 4.69) is 5.32 Å². The van der Waals surface area contributed by atoms with Gasteiger partial charge in [0.15, 0.2) is 11.5 Å². The molecule has 0 spiro atoms. The molecule has 0 radical (unpaired) electrons. The highest BCUT2D eigenvalue weighted by Gasteiger charge is 2.03. The molecule has 27 heavy (non-hydrogen) atoms. The Balaban J connectivity index is 1.81. The lowest BCUT2D eigenvalue weighted by Gasteiger charge is -2.10. The predicted molar refractivity (Wildman–Crippen MR) is 107 cm³/mol. The Kier molecular flexibility index (Phi) is 7.74. The average Bonchev–Trinajstić information content (AvgIpc) is 2.67. The lowest BCUT2D eigenvalue weighted by Crippen LogP contribution is -2.23. The minimum Gasteiger partial charge on any atom is -0.493 e. The molecule has 0 atom stereocenters. The molecule has 0 saturated carbocycles. The predicted octanol–water partition coefficient (Wildman–Crippen LogP) is 3.86. The molecular formula is C22H27NO4. The summed E-state index contributed by atoms with van der Waals surface area (Å²) >= 11 is 0. The largest absolute Gasteiger partial charge is 0.493 e. The highest BCUT2D eigenvalue weighted by Crippen LogP contribution is 2.27. The van der Waals surface area contributed by atoms with Crippen LogP contribution in [0.3, 0.4) is 0 Å². The van der Waals surface area contributed by atoms with E-state index in [0.717, 1.165) is 23.3 Å². The third-order valence-corrected chi connectivity index (χ3v) is 3.84. The third kappa shape index (κ3) is 6.70. The lowest BCUT2D eigenvalue weighted by molar-refractivity contribution is -0.116. The monoisotopic (exact) mass is 369 g/mol. The number of ether oxygens (including phenoxy) is 3. The summed E-state index contributed by atoms with van der Waals surface area (Å²) in [6.07, 6.45) is 4.18. The Morgan fingerprint density at radius 2 is 1.74 bits per heavy atom. The SMILES string of the molecule is COc1ccc(/C=C/C(=O)NCCc2ccc(OC(C)C)cc2)cc1OC. The van der Waals surface area contributed by atoms with Crippen molar-refractivity contribution in [2.24, 2.45) is 0 Å². The highest BCUT2D eigenvalue weighted by atomic mass is 16.5. The van der Waals surface area contributed by atoms with Crippen molar-refractivity contribution in [3.8, 4) is 17.2 Å². The number of hydrogen-bond donors (Lipinski definition) is 1. The Hall–Kier alpha value is -2.95. The molecule has 0 aliphatic carbocycles. The second-order valence-electron chi connectivity index (χ2n) is 6.30. The first-order valence-electron chi connectivity index (χ1n) is 8.95. The van der Waals surface area contributed by atoms with E-state index in [9.17, 15) is 4.79 Å². The van der Waals surface area contributed by atoms with Crippen LogP contribution in [0.1, 0.15) is 25.0 Å². The molecule has 0 aliphatic rings. The standard InChI is InChI=1S/C22H27NO4/c1-16(2)27-19-9-5-17(6-10-19)13-14-23-22(24)12-8-18-7-11-20(25-3)21(15-18)26-4/h5-12,15-16H,13-14H2,1-4H3,(H,23,24)/b12-8+. The fraction of sp³-hybridized carbons (Fsp3) is 0.318. The van der Waals surface area contributed by atoms with Crippen LogP contribution in [0.4, 0.5) is 0 Å². The Morgan fingerprint density at radius 1 is 1.04 bits per heavy atom. The number of hydrogen-bond acceptors (Lipinski definition) is 4. The van der Waals surface area contributed by atoms with E-state index in [0.29, 0.717) is 18.0 Å². The van der Waals surface area contributed by atoms with Gasteiger partial charge in [-0.1, -0.05) is 18.2 Å². The summed E-state index contributed by atoms with van der Waals surface area (Å²) in [5.41, 5.74) is 2.01. The number of amides is 1. The fourth-order valence-corrected chi connectivity index (χ4v) is 2.52. The summed E-state index contributed by atoms with van der Waals surface area (Å²) in [5, 5.41) is 2.89. The second-order valence-corrected chi connectivity index (χ2v) is 6.30. The first-order chi connectivity index (χ1) is 13.0. The molecular weight excluding hydrogens is 342 g/mol. The van der Waals surface area contributed by atoms with E-state index in [4.69, 9.17) is 14.2 Å². The van der Waals surface area contributed by atoms with Gasteiger partial charge in [0.05, 0.1) is 20.3 Å². The van der Waals surface area contributed by atoms with Crippen LogP contribution in [0.2, 0.25) is 0 Å². The van der Waals surface area contributed by atoms with Crippen molar-refractivity contribution in [2.45, 2.75) is 26.4 Å². The van der Waals surface area contributed by atoms with Crippen LogP contribution in [-0.2, 0) is 11.2 Å². The van der Waals surface area contributed by atoms with Crippen LogP contribution in [-0.4, -0.2) is 32.8 Å². The van der Waals surface area contributed by atoms with Gasteiger partial charge in [0.2, 0.25) is 5.91 Å². The van der Waals surface area contributed by atoms with Gasteiger partial charge in [-0.25, -0.2) is 0 Å². The van der Waals surface area contributed by atoms with Crippen LogP contribution >= 0.6 is 0 Å². The van der Waals surface area contributed by atoms with Crippen LogP contribution in [0.15, 0.2) is 48.5 Å². The van der Waals surface area contributed by atoms with Crippen LogP contribution < -0.4 is 19.5 Å². The first kappa shape index (κ1) is 20.4. The Bertz CT molecular complexity index is 766.